The number of alkyl halides is 3. The van der Waals surface area contributed by atoms with Crippen molar-refractivity contribution in [3.05, 3.63) is 28.8 Å². The Morgan fingerprint density at radius 3 is 2.16 bits per heavy atom. The Kier molecular flexibility index (Phi) is 3.63. The molecule has 0 aliphatic heterocycles. The maximum atomic E-state index is 13.4. The minimum absolute atomic E-state index is 0.118. The lowest BCUT2D eigenvalue weighted by atomic mass is 10.3. The van der Waals surface area contributed by atoms with E-state index in [0.29, 0.717) is 11.8 Å². The molecule has 19 heavy (non-hydrogen) atoms. The molecular weight excluding hydrogens is 309 g/mol. The Morgan fingerprint density at radius 2 is 1.68 bits per heavy atom. The van der Waals surface area contributed by atoms with Crippen molar-refractivity contribution in [2.75, 3.05) is 5.73 Å². The highest BCUT2D eigenvalue weighted by atomic mass is 32.2. The molecule has 10 heteroatoms. The number of anilines is 1. The molecule has 0 fully saturated rings. The molecule has 0 saturated heterocycles. The third kappa shape index (κ3) is 3.13. The SMILES string of the molecule is Nc1cc(F)c(Sc2nnc(C(F)(F)F)s2)c(F)c1. The molecular formula is C9H4F5N3S2. The number of nitrogens with two attached hydrogens (primary N) is 1. The first-order valence-corrected chi connectivity index (χ1v) is 6.23. The van der Waals surface area contributed by atoms with Crippen LogP contribution < -0.4 is 5.73 Å². The molecule has 0 amide bonds. The number of rotatable bonds is 2. The quantitative estimate of drug-likeness (QED) is 0.680. The summed E-state index contributed by atoms with van der Waals surface area (Å²) in [7, 11) is 0. The predicted molar refractivity (Wildman–Crippen MR) is 59.8 cm³/mol. The van der Waals surface area contributed by atoms with Gasteiger partial charge in [0.2, 0.25) is 5.01 Å². The Hall–Kier alpha value is -1.42. The number of aromatic nitrogens is 2. The molecule has 1 heterocycles. The Bertz CT molecular complexity index is 587. The first kappa shape index (κ1) is 14.0. The molecule has 3 nitrogen and oxygen atoms in total. The molecule has 0 bridgehead atoms. The van der Waals surface area contributed by atoms with Gasteiger partial charge in [-0.15, -0.1) is 10.2 Å². The van der Waals surface area contributed by atoms with Crippen LogP contribution >= 0.6 is 23.1 Å². The largest absolute Gasteiger partial charge is 0.445 e. The topological polar surface area (TPSA) is 51.8 Å². The molecule has 0 unspecified atom stereocenters. The second-order valence-corrected chi connectivity index (χ2v) is 5.52. The van der Waals surface area contributed by atoms with E-state index in [4.69, 9.17) is 5.73 Å². The highest BCUT2D eigenvalue weighted by Gasteiger charge is 2.35. The van der Waals surface area contributed by atoms with Crippen molar-refractivity contribution >= 4 is 28.8 Å². The molecule has 0 aliphatic rings. The minimum atomic E-state index is -4.63. The van der Waals surface area contributed by atoms with Crippen molar-refractivity contribution in [3.63, 3.8) is 0 Å². The van der Waals surface area contributed by atoms with Gasteiger partial charge in [-0.1, -0.05) is 23.1 Å². The fourth-order valence-electron chi connectivity index (χ4n) is 1.13. The highest BCUT2D eigenvalue weighted by molar-refractivity contribution is 8.01. The van der Waals surface area contributed by atoms with E-state index in [-0.39, 0.29) is 21.4 Å². The Morgan fingerprint density at radius 1 is 1.11 bits per heavy atom. The van der Waals surface area contributed by atoms with Crippen LogP contribution in [0.25, 0.3) is 0 Å². The van der Waals surface area contributed by atoms with Gasteiger partial charge in [-0.2, -0.15) is 13.2 Å². The van der Waals surface area contributed by atoms with Gasteiger partial charge >= 0.3 is 6.18 Å². The smallest absolute Gasteiger partial charge is 0.399 e. The summed E-state index contributed by atoms with van der Waals surface area (Å²) in [6.45, 7) is 0. The number of halogens is 5. The fraction of sp³-hybridized carbons (Fsp3) is 0.111. The average Bonchev–Trinajstić information content (AvgIpc) is 2.71. The fourth-order valence-corrected chi connectivity index (χ4v) is 2.80. The number of hydrogen-bond acceptors (Lipinski definition) is 5. The normalized spacial score (nSPS) is 11.8. The van der Waals surface area contributed by atoms with Crippen LogP contribution in [-0.2, 0) is 6.18 Å². The number of hydrogen-bond donors (Lipinski definition) is 1. The van der Waals surface area contributed by atoms with Crippen LogP contribution in [-0.4, -0.2) is 10.2 Å². The van der Waals surface area contributed by atoms with Crippen LogP contribution in [0.15, 0.2) is 21.4 Å². The standard InChI is InChI=1S/C9H4F5N3S2/c10-4-1-3(15)2-5(11)6(4)18-8-17-16-7(19-8)9(12,13)14/h1-2H,15H2. The predicted octanol–water partition coefficient (Wildman–Crippen LogP) is 3.57. The van der Waals surface area contributed by atoms with E-state index in [2.05, 4.69) is 10.2 Å². The third-order valence-corrected chi connectivity index (χ3v) is 3.97. The highest BCUT2D eigenvalue weighted by Crippen LogP contribution is 2.38. The van der Waals surface area contributed by atoms with E-state index >= 15 is 0 Å². The summed E-state index contributed by atoms with van der Waals surface area (Å²) in [4.78, 5) is -0.473. The molecule has 2 N–H and O–H groups in total. The van der Waals surface area contributed by atoms with Gasteiger partial charge in [0.15, 0.2) is 4.34 Å². The zero-order valence-corrected chi connectivity index (χ0v) is 10.5. The van der Waals surface area contributed by atoms with Crippen LogP contribution in [0.3, 0.4) is 0 Å². The van der Waals surface area contributed by atoms with Gasteiger partial charge in [0, 0.05) is 5.69 Å². The summed E-state index contributed by atoms with van der Waals surface area (Å²) >= 11 is 0.633. The molecule has 102 valence electrons. The van der Waals surface area contributed by atoms with E-state index in [0.717, 1.165) is 12.1 Å². The summed E-state index contributed by atoms with van der Waals surface area (Å²) < 4.78 is 63.5. The molecule has 0 spiro atoms. The van der Waals surface area contributed by atoms with Crippen molar-refractivity contribution in [1.82, 2.24) is 10.2 Å². The van der Waals surface area contributed by atoms with Crippen LogP contribution in [0.5, 0.6) is 0 Å². The van der Waals surface area contributed by atoms with E-state index in [9.17, 15) is 22.0 Å². The summed E-state index contributed by atoms with van der Waals surface area (Å²) in [6.07, 6.45) is -4.63. The van der Waals surface area contributed by atoms with Crippen molar-refractivity contribution < 1.29 is 22.0 Å². The van der Waals surface area contributed by atoms with Crippen LogP contribution in [0.2, 0.25) is 0 Å². The van der Waals surface area contributed by atoms with Crippen molar-refractivity contribution in [1.29, 1.82) is 0 Å². The molecule has 0 atom stereocenters. The number of benzene rings is 1. The Balaban J connectivity index is 2.30. The lowest BCUT2D eigenvalue weighted by Crippen LogP contribution is -2.03. The third-order valence-electron chi connectivity index (χ3n) is 1.86. The van der Waals surface area contributed by atoms with Gasteiger partial charge in [0.05, 0.1) is 4.90 Å². The summed E-state index contributed by atoms with van der Waals surface area (Å²) in [5.74, 6) is -1.93. The lowest BCUT2D eigenvalue weighted by Gasteiger charge is -2.03. The van der Waals surface area contributed by atoms with Gasteiger partial charge in [0.1, 0.15) is 11.6 Å². The maximum Gasteiger partial charge on any atom is 0.445 e. The van der Waals surface area contributed by atoms with Crippen molar-refractivity contribution in [2.24, 2.45) is 0 Å². The maximum absolute atomic E-state index is 13.4. The van der Waals surface area contributed by atoms with Gasteiger partial charge in [-0.05, 0) is 12.1 Å². The van der Waals surface area contributed by atoms with Gasteiger partial charge in [-0.3, -0.25) is 0 Å². The summed E-state index contributed by atoms with van der Waals surface area (Å²) in [5, 5.41) is 4.97. The van der Waals surface area contributed by atoms with E-state index in [1.54, 1.807) is 0 Å². The monoisotopic (exact) mass is 313 g/mol. The Labute approximate surface area is 111 Å². The summed E-state index contributed by atoms with van der Waals surface area (Å²) in [6, 6.07) is 1.74. The van der Waals surface area contributed by atoms with Crippen molar-refractivity contribution in [2.45, 2.75) is 15.4 Å². The zero-order chi connectivity index (χ0) is 14.2. The number of nitrogen functional groups attached to an aromatic ring is 1. The van der Waals surface area contributed by atoms with Crippen LogP contribution in [0.1, 0.15) is 5.01 Å². The van der Waals surface area contributed by atoms with E-state index < -0.39 is 27.7 Å². The second-order valence-electron chi connectivity index (χ2n) is 3.29. The first-order valence-electron chi connectivity index (χ1n) is 4.60. The van der Waals surface area contributed by atoms with Gasteiger partial charge in [0.25, 0.3) is 0 Å². The number of nitrogens with zero attached hydrogens (tertiary/aromatic N) is 2. The van der Waals surface area contributed by atoms with Crippen molar-refractivity contribution in [3.8, 4) is 0 Å². The van der Waals surface area contributed by atoms with Crippen LogP contribution in [0.4, 0.5) is 27.6 Å². The van der Waals surface area contributed by atoms with E-state index in [1.807, 2.05) is 0 Å². The zero-order valence-electron chi connectivity index (χ0n) is 8.83. The lowest BCUT2D eigenvalue weighted by molar-refractivity contribution is -0.138. The molecule has 1 aromatic carbocycles. The van der Waals surface area contributed by atoms with Gasteiger partial charge < -0.3 is 5.73 Å². The molecule has 1 aromatic heterocycles. The first-order chi connectivity index (χ1) is 8.77. The molecule has 0 saturated carbocycles. The molecule has 0 aliphatic carbocycles. The minimum Gasteiger partial charge on any atom is -0.399 e. The van der Waals surface area contributed by atoms with E-state index in [1.165, 1.54) is 0 Å². The second kappa shape index (κ2) is 4.93. The van der Waals surface area contributed by atoms with Gasteiger partial charge in [-0.25, -0.2) is 8.78 Å². The molecule has 2 aromatic rings. The molecule has 0 radical (unpaired) electrons. The average molecular weight is 313 g/mol. The van der Waals surface area contributed by atoms with Crippen LogP contribution in [0, 0.1) is 11.6 Å². The molecule has 2 rings (SSSR count). The summed E-state index contributed by atoms with van der Waals surface area (Å²) in [5.41, 5.74) is 5.10.